The van der Waals surface area contributed by atoms with Gasteiger partial charge in [-0.2, -0.15) is 0 Å². The van der Waals surface area contributed by atoms with E-state index in [9.17, 15) is 4.79 Å². The number of nitrogens with zero attached hydrogens (tertiary/aromatic N) is 1. The van der Waals surface area contributed by atoms with Crippen molar-refractivity contribution >= 4 is 36.4 Å². The maximum Gasteiger partial charge on any atom is 0.251 e. The van der Waals surface area contributed by atoms with Crippen LogP contribution in [0.25, 0.3) is 0 Å². The van der Waals surface area contributed by atoms with Crippen LogP contribution in [0.4, 0.5) is 5.69 Å². The molecule has 1 unspecified atom stereocenters. The molecule has 1 saturated heterocycles. The Morgan fingerprint density at radius 1 is 1.19 bits per heavy atom. The first-order valence-corrected chi connectivity index (χ1v) is 8.57. The highest BCUT2D eigenvalue weighted by molar-refractivity contribution is 5.96. The van der Waals surface area contributed by atoms with Crippen LogP contribution in [0, 0.1) is 13.8 Å². The molecule has 6 nitrogen and oxygen atoms in total. The molecule has 0 bridgehead atoms. The maximum atomic E-state index is 12.6. The van der Waals surface area contributed by atoms with Gasteiger partial charge in [0.15, 0.2) is 0 Å². The minimum atomic E-state index is -0.119. The van der Waals surface area contributed by atoms with Crippen LogP contribution in [0.15, 0.2) is 34.7 Å². The molecule has 2 aromatic rings. The summed E-state index contributed by atoms with van der Waals surface area (Å²) in [6.45, 7) is 7.32. The predicted molar refractivity (Wildman–Crippen MR) is 111 cm³/mol. The van der Waals surface area contributed by atoms with E-state index in [2.05, 4.69) is 10.2 Å². The summed E-state index contributed by atoms with van der Waals surface area (Å²) in [5.41, 5.74) is 7.91. The molecule has 1 aromatic carbocycles. The zero-order valence-electron chi connectivity index (χ0n) is 15.6. The van der Waals surface area contributed by atoms with Gasteiger partial charge in [0.05, 0.1) is 19.3 Å². The minimum absolute atomic E-state index is 0. The molecule has 0 aliphatic carbocycles. The second-order valence-electron chi connectivity index (χ2n) is 6.40. The Morgan fingerprint density at radius 3 is 2.52 bits per heavy atom. The van der Waals surface area contributed by atoms with Crippen LogP contribution >= 0.6 is 24.8 Å². The van der Waals surface area contributed by atoms with E-state index in [1.807, 2.05) is 32.0 Å². The summed E-state index contributed by atoms with van der Waals surface area (Å²) in [5, 5.41) is 3.04. The van der Waals surface area contributed by atoms with Crippen molar-refractivity contribution in [3.05, 3.63) is 53.0 Å². The highest BCUT2D eigenvalue weighted by Crippen LogP contribution is 2.23. The number of nitrogens with one attached hydrogen (secondary N) is 1. The smallest absolute Gasteiger partial charge is 0.251 e. The largest absolute Gasteiger partial charge is 0.465 e. The third kappa shape index (κ3) is 5.87. The van der Waals surface area contributed by atoms with E-state index in [-0.39, 0.29) is 36.8 Å². The van der Waals surface area contributed by atoms with Crippen LogP contribution in [0.5, 0.6) is 0 Å². The number of ether oxygens (including phenoxy) is 1. The van der Waals surface area contributed by atoms with Crippen molar-refractivity contribution < 1.29 is 13.9 Å². The number of carbonyl (C=O) groups is 1. The van der Waals surface area contributed by atoms with Gasteiger partial charge in [-0.25, -0.2) is 0 Å². The monoisotopic (exact) mass is 415 g/mol. The third-order valence-electron chi connectivity index (χ3n) is 4.54. The lowest BCUT2D eigenvalue weighted by molar-refractivity contribution is 0.0117. The van der Waals surface area contributed by atoms with Crippen LogP contribution in [-0.2, 0) is 4.74 Å². The lowest BCUT2D eigenvalue weighted by atomic mass is 10.1. The van der Waals surface area contributed by atoms with E-state index < -0.39 is 0 Å². The molecule has 1 aliphatic rings. The zero-order valence-corrected chi connectivity index (χ0v) is 17.2. The van der Waals surface area contributed by atoms with E-state index in [4.69, 9.17) is 14.9 Å². The number of morpholine rings is 1. The topological polar surface area (TPSA) is 80.7 Å². The molecule has 2 heterocycles. The molecule has 1 amide bonds. The lowest BCUT2D eigenvalue weighted by Gasteiger charge is -2.33. The fourth-order valence-corrected chi connectivity index (χ4v) is 3.10. The highest BCUT2D eigenvalue weighted by Gasteiger charge is 2.26. The number of rotatable bonds is 5. The molecule has 0 saturated carbocycles. The molecule has 1 fully saturated rings. The van der Waals surface area contributed by atoms with Crippen LogP contribution in [0.1, 0.15) is 33.5 Å². The van der Waals surface area contributed by atoms with Crippen molar-refractivity contribution in [2.45, 2.75) is 19.9 Å². The standard InChI is InChI=1S/C19H25N3O3.2ClH/c1-13-3-5-15(20)11-16(13)19(23)21-12-17(18-6-4-14(2)25-18)22-7-9-24-10-8-22;;/h3-6,11,17H,7-10,12,20H2,1-2H3,(H,21,23);2*1H. The van der Waals surface area contributed by atoms with Crippen molar-refractivity contribution in [3.63, 3.8) is 0 Å². The Labute approximate surface area is 172 Å². The van der Waals surface area contributed by atoms with Crippen LogP contribution < -0.4 is 11.1 Å². The summed E-state index contributed by atoms with van der Waals surface area (Å²) >= 11 is 0. The number of nitrogens with two attached hydrogens (primary N) is 1. The van der Waals surface area contributed by atoms with Gasteiger partial charge in [0.25, 0.3) is 5.91 Å². The normalized spacial score (nSPS) is 15.3. The second kappa shape index (κ2) is 10.6. The zero-order chi connectivity index (χ0) is 17.8. The van der Waals surface area contributed by atoms with E-state index in [0.717, 1.165) is 30.2 Å². The van der Waals surface area contributed by atoms with Crippen molar-refractivity contribution in [1.29, 1.82) is 0 Å². The molecule has 3 rings (SSSR count). The summed E-state index contributed by atoms with van der Waals surface area (Å²) in [5.74, 6) is 1.61. The van der Waals surface area contributed by atoms with E-state index in [1.54, 1.807) is 12.1 Å². The molecule has 150 valence electrons. The van der Waals surface area contributed by atoms with Gasteiger partial charge in [-0.05, 0) is 43.7 Å². The molecule has 0 spiro atoms. The van der Waals surface area contributed by atoms with Gasteiger partial charge < -0.3 is 20.2 Å². The predicted octanol–water partition coefficient (Wildman–Crippen LogP) is 3.13. The van der Waals surface area contributed by atoms with Gasteiger partial charge in [0.1, 0.15) is 11.5 Å². The van der Waals surface area contributed by atoms with Gasteiger partial charge in [0.2, 0.25) is 0 Å². The van der Waals surface area contributed by atoms with Crippen LogP contribution in [0.2, 0.25) is 0 Å². The molecule has 1 atom stereocenters. The summed E-state index contributed by atoms with van der Waals surface area (Å²) in [4.78, 5) is 14.9. The summed E-state index contributed by atoms with van der Waals surface area (Å²) < 4.78 is 11.3. The first-order valence-electron chi connectivity index (χ1n) is 8.57. The number of halogens is 2. The Bertz CT molecular complexity index is 746. The summed E-state index contributed by atoms with van der Waals surface area (Å²) in [6, 6.07) is 9.29. The Morgan fingerprint density at radius 2 is 1.89 bits per heavy atom. The van der Waals surface area contributed by atoms with E-state index in [0.29, 0.717) is 31.0 Å². The molecule has 3 N–H and O–H groups in total. The first-order chi connectivity index (χ1) is 12.0. The lowest BCUT2D eigenvalue weighted by Crippen LogP contribution is -2.43. The average Bonchev–Trinajstić information content (AvgIpc) is 3.04. The van der Waals surface area contributed by atoms with Gasteiger partial charge in [0, 0.05) is 30.9 Å². The molecule has 0 radical (unpaired) electrons. The van der Waals surface area contributed by atoms with E-state index >= 15 is 0 Å². The number of furan rings is 1. The molecule has 1 aromatic heterocycles. The Kier molecular flexibility index (Phi) is 9.12. The summed E-state index contributed by atoms with van der Waals surface area (Å²) in [7, 11) is 0. The van der Waals surface area contributed by atoms with Crippen molar-refractivity contribution in [2.24, 2.45) is 0 Å². The fraction of sp³-hybridized carbons (Fsp3) is 0.421. The molecule has 8 heteroatoms. The number of hydrogen-bond donors (Lipinski definition) is 2. The number of aryl methyl sites for hydroxylation is 2. The molecular weight excluding hydrogens is 389 g/mol. The SMILES string of the molecule is Cc1ccc(C(CNC(=O)c2cc(N)ccc2C)N2CCOCC2)o1.Cl.Cl. The van der Waals surface area contributed by atoms with Gasteiger partial charge >= 0.3 is 0 Å². The Hall–Kier alpha value is -1.73. The number of hydrogen-bond acceptors (Lipinski definition) is 5. The number of nitrogen functional groups attached to an aromatic ring is 1. The van der Waals surface area contributed by atoms with Gasteiger partial charge in [-0.1, -0.05) is 6.07 Å². The minimum Gasteiger partial charge on any atom is -0.465 e. The van der Waals surface area contributed by atoms with E-state index in [1.165, 1.54) is 0 Å². The maximum absolute atomic E-state index is 12.6. The van der Waals surface area contributed by atoms with Crippen molar-refractivity contribution in [3.8, 4) is 0 Å². The fourth-order valence-electron chi connectivity index (χ4n) is 3.10. The van der Waals surface area contributed by atoms with Crippen LogP contribution in [0.3, 0.4) is 0 Å². The van der Waals surface area contributed by atoms with Gasteiger partial charge in [-0.3, -0.25) is 9.69 Å². The third-order valence-corrected chi connectivity index (χ3v) is 4.54. The number of carbonyl (C=O) groups excluding carboxylic acids is 1. The number of anilines is 1. The number of benzene rings is 1. The van der Waals surface area contributed by atoms with Crippen molar-refractivity contribution in [1.82, 2.24) is 10.2 Å². The first kappa shape index (κ1) is 23.3. The number of amides is 1. The van der Waals surface area contributed by atoms with Gasteiger partial charge in [-0.15, -0.1) is 24.8 Å². The molecule has 1 aliphatic heterocycles. The quantitative estimate of drug-likeness (QED) is 0.733. The van der Waals surface area contributed by atoms with Crippen LogP contribution in [-0.4, -0.2) is 43.7 Å². The summed E-state index contributed by atoms with van der Waals surface area (Å²) in [6.07, 6.45) is 0. The molecule has 27 heavy (non-hydrogen) atoms. The van der Waals surface area contributed by atoms with Crippen molar-refractivity contribution in [2.75, 3.05) is 38.6 Å². The second-order valence-corrected chi connectivity index (χ2v) is 6.40. The average molecular weight is 416 g/mol. The highest BCUT2D eigenvalue weighted by atomic mass is 35.5. The molecular formula is C19H27Cl2N3O3. The Balaban J connectivity index is 0.00000182.